The summed E-state index contributed by atoms with van der Waals surface area (Å²) in [6, 6.07) is 5.20. The van der Waals surface area contributed by atoms with Crippen LogP contribution in [0.2, 0.25) is 0 Å². The van der Waals surface area contributed by atoms with Crippen molar-refractivity contribution in [2.45, 2.75) is 25.7 Å². The van der Waals surface area contributed by atoms with Gasteiger partial charge in [0.25, 0.3) is 0 Å². The Bertz CT molecular complexity index is 469. The molecule has 0 radical (unpaired) electrons. The van der Waals surface area contributed by atoms with Crippen LogP contribution in [0.15, 0.2) is 27.6 Å². The number of benzene rings is 1. The molecule has 16 heavy (non-hydrogen) atoms. The van der Waals surface area contributed by atoms with E-state index in [0.717, 1.165) is 5.56 Å². The lowest BCUT2D eigenvalue weighted by Gasteiger charge is -2.10. The summed E-state index contributed by atoms with van der Waals surface area (Å²) in [5, 5.41) is 0. The molecular formula is C11H16BrNO2S. The van der Waals surface area contributed by atoms with Crippen molar-refractivity contribution in [2.24, 2.45) is 5.92 Å². The second-order valence-corrected chi connectivity index (χ2v) is 6.77. The van der Waals surface area contributed by atoms with E-state index in [-0.39, 0.29) is 0 Å². The zero-order valence-electron chi connectivity index (χ0n) is 9.62. The maximum atomic E-state index is 11.9. The highest BCUT2D eigenvalue weighted by Crippen LogP contribution is 2.22. The minimum Gasteiger partial charge on any atom is -0.211 e. The molecule has 0 aromatic heterocycles. The highest BCUT2D eigenvalue weighted by Gasteiger charge is 2.17. The lowest BCUT2D eigenvalue weighted by molar-refractivity contribution is 0.559. The van der Waals surface area contributed by atoms with Gasteiger partial charge in [-0.15, -0.1) is 0 Å². The second-order valence-electron chi connectivity index (χ2n) is 4.18. The first-order valence-electron chi connectivity index (χ1n) is 5.09. The van der Waals surface area contributed by atoms with Crippen molar-refractivity contribution in [1.82, 2.24) is 4.72 Å². The van der Waals surface area contributed by atoms with Crippen LogP contribution in [0.4, 0.5) is 0 Å². The molecule has 0 saturated carbocycles. The van der Waals surface area contributed by atoms with Gasteiger partial charge in [-0.2, -0.15) is 0 Å². The molecule has 0 aliphatic heterocycles. The number of sulfonamides is 1. The fourth-order valence-electron chi connectivity index (χ4n) is 1.18. The normalized spacial score (nSPS) is 12.1. The quantitative estimate of drug-likeness (QED) is 0.929. The van der Waals surface area contributed by atoms with E-state index in [9.17, 15) is 8.42 Å². The molecule has 90 valence electrons. The fourth-order valence-corrected chi connectivity index (χ4v) is 3.58. The highest BCUT2D eigenvalue weighted by molar-refractivity contribution is 9.10. The van der Waals surface area contributed by atoms with Crippen LogP contribution in [0.5, 0.6) is 0 Å². The summed E-state index contributed by atoms with van der Waals surface area (Å²) in [5.74, 6) is 0.291. The molecule has 3 nitrogen and oxygen atoms in total. The molecule has 0 unspecified atom stereocenters. The molecule has 1 aromatic carbocycles. The van der Waals surface area contributed by atoms with E-state index in [4.69, 9.17) is 0 Å². The molecule has 0 spiro atoms. The Morgan fingerprint density at radius 2 is 2.00 bits per heavy atom. The van der Waals surface area contributed by atoms with Gasteiger partial charge in [0.05, 0.1) is 4.90 Å². The Morgan fingerprint density at radius 3 is 2.50 bits per heavy atom. The van der Waals surface area contributed by atoms with Crippen LogP contribution in [-0.2, 0) is 10.0 Å². The third-order valence-electron chi connectivity index (χ3n) is 2.06. The Hall–Kier alpha value is -0.390. The molecule has 0 atom stereocenters. The maximum absolute atomic E-state index is 11.9. The van der Waals surface area contributed by atoms with Crippen molar-refractivity contribution >= 4 is 26.0 Å². The summed E-state index contributed by atoms with van der Waals surface area (Å²) in [5.41, 5.74) is 1.02. The van der Waals surface area contributed by atoms with E-state index in [1.54, 1.807) is 18.2 Å². The summed E-state index contributed by atoms with van der Waals surface area (Å²) in [6.07, 6.45) is 0. The first-order chi connectivity index (χ1) is 7.33. The Morgan fingerprint density at radius 1 is 1.38 bits per heavy atom. The van der Waals surface area contributed by atoms with Crippen molar-refractivity contribution in [1.29, 1.82) is 0 Å². The first kappa shape index (κ1) is 13.7. The predicted molar refractivity (Wildman–Crippen MR) is 68.9 cm³/mol. The van der Waals surface area contributed by atoms with Gasteiger partial charge in [0.2, 0.25) is 10.0 Å². The second kappa shape index (κ2) is 5.29. The lowest BCUT2D eigenvalue weighted by atomic mass is 10.2. The molecule has 0 fully saturated rings. The monoisotopic (exact) mass is 305 g/mol. The van der Waals surface area contributed by atoms with Crippen molar-refractivity contribution in [3.8, 4) is 0 Å². The molecule has 0 bridgehead atoms. The largest absolute Gasteiger partial charge is 0.241 e. The van der Waals surface area contributed by atoms with Gasteiger partial charge in [0, 0.05) is 11.0 Å². The third-order valence-corrected chi connectivity index (χ3v) is 4.46. The van der Waals surface area contributed by atoms with Gasteiger partial charge >= 0.3 is 0 Å². The molecule has 5 heteroatoms. The van der Waals surface area contributed by atoms with Crippen molar-refractivity contribution in [3.63, 3.8) is 0 Å². The Balaban J connectivity index is 2.99. The molecule has 0 saturated heterocycles. The number of rotatable bonds is 4. The van der Waals surface area contributed by atoms with Crippen molar-refractivity contribution in [2.75, 3.05) is 6.54 Å². The molecule has 0 heterocycles. The van der Waals surface area contributed by atoms with Crippen molar-refractivity contribution in [3.05, 3.63) is 28.2 Å². The zero-order valence-corrected chi connectivity index (χ0v) is 12.0. The average molecular weight is 306 g/mol. The molecule has 1 N–H and O–H groups in total. The molecule has 1 rings (SSSR count). The number of hydrogen-bond acceptors (Lipinski definition) is 2. The standard InChI is InChI=1S/C11H16BrNO2S/c1-8(2)7-13-16(14,15)11-5-4-9(3)6-10(11)12/h4-6,8,13H,7H2,1-3H3. The number of halogens is 1. The van der Waals surface area contributed by atoms with E-state index >= 15 is 0 Å². The Kier molecular flexibility index (Phi) is 4.52. The smallest absolute Gasteiger partial charge is 0.211 e. The molecule has 1 aromatic rings. The van der Waals surface area contributed by atoms with Gasteiger partial charge < -0.3 is 0 Å². The van der Waals surface area contributed by atoms with Crippen LogP contribution >= 0.6 is 15.9 Å². The van der Waals surface area contributed by atoms with Crippen LogP contribution < -0.4 is 4.72 Å². The zero-order chi connectivity index (χ0) is 12.3. The molecule has 0 aliphatic rings. The molecular weight excluding hydrogens is 290 g/mol. The van der Waals surface area contributed by atoms with Crippen molar-refractivity contribution < 1.29 is 8.42 Å². The van der Waals surface area contributed by atoms with E-state index in [0.29, 0.717) is 21.8 Å². The van der Waals surface area contributed by atoms with E-state index in [1.807, 2.05) is 20.8 Å². The van der Waals surface area contributed by atoms with Gasteiger partial charge in [-0.1, -0.05) is 19.9 Å². The summed E-state index contributed by atoms with van der Waals surface area (Å²) < 4.78 is 27.0. The fraction of sp³-hybridized carbons (Fsp3) is 0.455. The highest BCUT2D eigenvalue weighted by atomic mass is 79.9. The van der Waals surface area contributed by atoms with E-state index in [1.165, 1.54) is 0 Å². The molecule has 0 amide bonds. The van der Waals surface area contributed by atoms with Crippen LogP contribution in [0.1, 0.15) is 19.4 Å². The third kappa shape index (κ3) is 3.57. The summed E-state index contributed by atoms with van der Waals surface area (Å²) in [7, 11) is -3.40. The van der Waals surface area contributed by atoms with Gasteiger partial charge in [-0.05, 0) is 46.5 Å². The average Bonchev–Trinajstić information content (AvgIpc) is 2.14. The summed E-state index contributed by atoms with van der Waals surface area (Å²) in [4.78, 5) is 0.291. The summed E-state index contributed by atoms with van der Waals surface area (Å²) in [6.45, 7) is 6.30. The number of aryl methyl sites for hydroxylation is 1. The SMILES string of the molecule is Cc1ccc(S(=O)(=O)NCC(C)C)c(Br)c1. The first-order valence-corrected chi connectivity index (χ1v) is 7.36. The van der Waals surface area contributed by atoms with Crippen LogP contribution in [0.3, 0.4) is 0 Å². The van der Waals surface area contributed by atoms with Crippen LogP contribution in [0.25, 0.3) is 0 Å². The lowest BCUT2D eigenvalue weighted by Crippen LogP contribution is -2.27. The predicted octanol–water partition coefficient (Wildman–Crippen LogP) is 2.69. The van der Waals surface area contributed by atoms with E-state index in [2.05, 4.69) is 20.7 Å². The van der Waals surface area contributed by atoms with Gasteiger partial charge in [-0.25, -0.2) is 13.1 Å². The van der Waals surface area contributed by atoms with Gasteiger partial charge in [-0.3, -0.25) is 0 Å². The topological polar surface area (TPSA) is 46.2 Å². The minimum absolute atomic E-state index is 0.291. The van der Waals surface area contributed by atoms with E-state index < -0.39 is 10.0 Å². The van der Waals surface area contributed by atoms with Crippen LogP contribution in [-0.4, -0.2) is 15.0 Å². The van der Waals surface area contributed by atoms with Gasteiger partial charge in [0.1, 0.15) is 0 Å². The summed E-state index contributed by atoms with van der Waals surface area (Å²) >= 11 is 3.27. The minimum atomic E-state index is -3.40. The number of hydrogen-bond donors (Lipinski definition) is 1. The maximum Gasteiger partial charge on any atom is 0.241 e. The van der Waals surface area contributed by atoms with Gasteiger partial charge in [0.15, 0.2) is 0 Å². The molecule has 0 aliphatic carbocycles. The van der Waals surface area contributed by atoms with Crippen LogP contribution in [0, 0.1) is 12.8 Å². The Labute approximate surface area is 105 Å². The number of nitrogens with one attached hydrogen (secondary N) is 1.